The van der Waals surface area contributed by atoms with E-state index in [1.165, 1.54) is 23.2 Å². The summed E-state index contributed by atoms with van der Waals surface area (Å²) in [6.07, 6.45) is 0.773. The Morgan fingerprint density at radius 3 is 2.76 bits per heavy atom. The minimum atomic E-state index is -3.29. The van der Waals surface area contributed by atoms with Crippen LogP contribution >= 0.6 is 11.8 Å². The highest BCUT2D eigenvalue weighted by molar-refractivity contribution is 8.00. The van der Waals surface area contributed by atoms with Crippen LogP contribution in [0.1, 0.15) is 12.0 Å². The number of thioether (sulfide) groups is 1. The van der Waals surface area contributed by atoms with E-state index in [1.807, 2.05) is 30.3 Å². The van der Waals surface area contributed by atoms with Crippen molar-refractivity contribution in [3.8, 4) is 0 Å². The molecular weight excluding hydrogens is 310 g/mol. The first kappa shape index (κ1) is 16.3. The fraction of sp³-hybridized carbons (Fsp3) is 0.500. The largest absolute Gasteiger partial charge is 0.468 e. The SMILES string of the molecule is COC(=O)CS[C@@H]1CCN(S(=O)(=O)Cc2ccccc2)C1. The van der Waals surface area contributed by atoms with Crippen molar-refractivity contribution in [1.82, 2.24) is 4.31 Å². The van der Waals surface area contributed by atoms with Crippen molar-refractivity contribution in [3.05, 3.63) is 35.9 Å². The molecule has 1 saturated heterocycles. The number of carbonyl (C=O) groups is 1. The zero-order valence-corrected chi connectivity index (χ0v) is 13.5. The van der Waals surface area contributed by atoms with Crippen molar-refractivity contribution in [2.45, 2.75) is 17.4 Å². The number of esters is 1. The molecule has 0 radical (unpaired) electrons. The summed E-state index contributed by atoms with van der Waals surface area (Å²) in [5.41, 5.74) is 0.795. The topological polar surface area (TPSA) is 63.7 Å². The van der Waals surface area contributed by atoms with Gasteiger partial charge in [-0.1, -0.05) is 30.3 Å². The van der Waals surface area contributed by atoms with E-state index < -0.39 is 10.0 Å². The highest BCUT2D eigenvalue weighted by Crippen LogP contribution is 2.26. The molecule has 0 amide bonds. The van der Waals surface area contributed by atoms with E-state index in [-0.39, 0.29) is 22.7 Å². The Kier molecular flexibility index (Phi) is 5.66. The van der Waals surface area contributed by atoms with E-state index in [9.17, 15) is 13.2 Å². The van der Waals surface area contributed by atoms with Gasteiger partial charge < -0.3 is 4.74 Å². The molecule has 1 atom stereocenters. The zero-order chi connectivity index (χ0) is 15.3. The normalized spacial score (nSPS) is 19.6. The average molecular weight is 329 g/mol. The molecule has 0 aromatic heterocycles. The van der Waals surface area contributed by atoms with Gasteiger partial charge in [-0.05, 0) is 12.0 Å². The molecule has 0 aliphatic carbocycles. The molecule has 1 aliphatic heterocycles. The molecule has 0 unspecified atom stereocenters. The second kappa shape index (κ2) is 7.29. The molecule has 0 N–H and O–H groups in total. The van der Waals surface area contributed by atoms with Gasteiger partial charge in [0.2, 0.25) is 10.0 Å². The van der Waals surface area contributed by atoms with Gasteiger partial charge in [-0.25, -0.2) is 12.7 Å². The Hall–Kier alpha value is -1.05. The molecule has 1 fully saturated rings. The Morgan fingerprint density at radius 2 is 2.10 bits per heavy atom. The molecule has 7 heteroatoms. The molecule has 0 spiro atoms. The summed E-state index contributed by atoms with van der Waals surface area (Å²) in [6.45, 7) is 0.991. The van der Waals surface area contributed by atoms with Crippen molar-refractivity contribution >= 4 is 27.8 Å². The third kappa shape index (κ3) is 4.72. The van der Waals surface area contributed by atoms with Gasteiger partial charge in [0.1, 0.15) is 0 Å². The van der Waals surface area contributed by atoms with Gasteiger partial charge in [-0.15, -0.1) is 11.8 Å². The lowest BCUT2D eigenvalue weighted by atomic mass is 10.2. The van der Waals surface area contributed by atoms with Crippen LogP contribution < -0.4 is 0 Å². The highest BCUT2D eigenvalue weighted by atomic mass is 32.2. The summed E-state index contributed by atoms with van der Waals surface area (Å²) in [5.74, 6) is 0.0290. The van der Waals surface area contributed by atoms with E-state index >= 15 is 0 Å². The average Bonchev–Trinajstić information content (AvgIpc) is 2.95. The maximum Gasteiger partial charge on any atom is 0.315 e. The predicted octanol–water partition coefficient (Wildman–Crippen LogP) is 1.50. The van der Waals surface area contributed by atoms with Gasteiger partial charge in [0, 0.05) is 18.3 Å². The van der Waals surface area contributed by atoms with Crippen LogP contribution in [0.4, 0.5) is 0 Å². The molecule has 116 valence electrons. The quantitative estimate of drug-likeness (QED) is 0.740. The van der Waals surface area contributed by atoms with Gasteiger partial charge in [-0.2, -0.15) is 0 Å². The second-order valence-corrected chi connectivity index (χ2v) is 8.16. The van der Waals surface area contributed by atoms with Gasteiger partial charge in [-0.3, -0.25) is 4.79 Å². The molecule has 0 saturated carbocycles. The summed E-state index contributed by atoms with van der Waals surface area (Å²) in [7, 11) is -1.93. The summed E-state index contributed by atoms with van der Waals surface area (Å²) in [4.78, 5) is 11.1. The highest BCUT2D eigenvalue weighted by Gasteiger charge is 2.31. The Labute approximate surface area is 129 Å². The van der Waals surface area contributed by atoms with Crippen LogP contribution in [0.25, 0.3) is 0 Å². The summed E-state index contributed by atoms with van der Waals surface area (Å²) < 4.78 is 30.8. The first-order chi connectivity index (χ1) is 10.0. The zero-order valence-electron chi connectivity index (χ0n) is 11.9. The van der Waals surface area contributed by atoms with E-state index in [4.69, 9.17) is 0 Å². The lowest BCUT2D eigenvalue weighted by Crippen LogP contribution is -2.30. The van der Waals surface area contributed by atoms with Crippen molar-refractivity contribution < 1.29 is 17.9 Å². The van der Waals surface area contributed by atoms with Crippen molar-refractivity contribution in [3.63, 3.8) is 0 Å². The fourth-order valence-electron chi connectivity index (χ4n) is 2.21. The Bertz CT molecular complexity index is 574. The van der Waals surface area contributed by atoms with Gasteiger partial charge in [0.25, 0.3) is 0 Å². The van der Waals surface area contributed by atoms with Crippen LogP contribution in [0.15, 0.2) is 30.3 Å². The minimum absolute atomic E-state index is 0.0300. The molecule has 1 aromatic rings. The molecule has 2 rings (SSSR count). The maximum absolute atomic E-state index is 12.4. The number of benzene rings is 1. The molecule has 0 bridgehead atoms. The monoisotopic (exact) mass is 329 g/mol. The van der Waals surface area contributed by atoms with Crippen molar-refractivity contribution in [2.24, 2.45) is 0 Å². The van der Waals surface area contributed by atoms with Gasteiger partial charge >= 0.3 is 5.97 Å². The molecule has 1 aromatic carbocycles. The maximum atomic E-state index is 12.4. The van der Waals surface area contributed by atoms with Crippen LogP contribution in [0.3, 0.4) is 0 Å². The fourth-order valence-corrected chi connectivity index (χ4v) is 4.94. The Balaban J connectivity index is 1.89. The third-order valence-electron chi connectivity index (χ3n) is 3.36. The molecule has 5 nitrogen and oxygen atoms in total. The first-order valence-corrected chi connectivity index (χ1v) is 9.37. The second-order valence-electron chi connectivity index (χ2n) is 4.90. The number of nitrogens with zero attached hydrogens (tertiary/aromatic N) is 1. The number of sulfonamides is 1. The van der Waals surface area contributed by atoms with Crippen LogP contribution in [0, 0.1) is 0 Å². The number of hydrogen-bond donors (Lipinski definition) is 0. The molecule has 21 heavy (non-hydrogen) atoms. The summed E-state index contributed by atoms with van der Waals surface area (Å²) in [6, 6.07) is 9.17. The first-order valence-electron chi connectivity index (χ1n) is 6.71. The third-order valence-corrected chi connectivity index (χ3v) is 6.43. The molecule has 1 heterocycles. The van der Waals surface area contributed by atoms with Crippen molar-refractivity contribution in [1.29, 1.82) is 0 Å². The van der Waals surface area contributed by atoms with Gasteiger partial charge in [0.05, 0.1) is 18.6 Å². The number of methoxy groups -OCH3 is 1. The van der Waals surface area contributed by atoms with Crippen molar-refractivity contribution in [2.75, 3.05) is 26.0 Å². The lowest BCUT2D eigenvalue weighted by molar-refractivity contribution is -0.137. The van der Waals surface area contributed by atoms with E-state index in [0.29, 0.717) is 13.1 Å². The minimum Gasteiger partial charge on any atom is -0.468 e. The predicted molar refractivity (Wildman–Crippen MR) is 83.5 cm³/mol. The summed E-state index contributed by atoms with van der Waals surface area (Å²) in [5, 5.41) is 0.162. The van der Waals surface area contributed by atoms with Gasteiger partial charge in [0.15, 0.2) is 0 Å². The number of hydrogen-bond acceptors (Lipinski definition) is 5. The van der Waals surface area contributed by atoms with E-state index in [2.05, 4.69) is 4.74 Å². The number of carbonyl (C=O) groups excluding carboxylic acids is 1. The molecular formula is C14H19NO4S2. The number of ether oxygens (including phenoxy) is 1. The smallest absolute Gasteiger partial charge is 0.315 e. The number of rotatable bonds is 6. The van der Waals surface area contributed by atoms with E-state index in [1.54, 1.807) is 0 Å². The standard InChI is InChI=1S/C14H19NO4S2/c1-19-14(16)10-20-13-7-8-15(9-13)21(17,18)11-12-5-3-2-4-6-12/h2-6,13H,7-11H2,1H3/t13-/m1/s1. The lowest BCUT2D eigenvalue weighted by Gasteiger charge is -2.16. The van der Waals surface area contributed by atoms with Crippen LogP contribution in [0.5, 0.6) is 0 Å². The van der Waals surface area contributed by atoms with Crippen LogP contribution in [-0.2, 0) is 25.3 Å². The Morgan fingerprint density at radius 1 is 1.38 bits per heavy atom. The van der Waals surface area contributed by atoms with E-state index in [0.717, 1.165) is 12.0 Å². The van der Waals surface area contributed by atoms with Crippen LogP contribution in [-0.4, -0.2) is 49.9 Å². The molecule has 1 aliphatic rings. The summed E-state index contributed by atoms with van der Waals surface area (Å²) >= 11 is 1.46. The van der Waals surface area contributed by atoms with Crippen LogP contribution in [0.2, 0.25) is 0 Å².